The molecule has 3 heterocycles. The van der Waals surface area contributed by atoms with Crippen LogP contribution in [0.2, 0.25) is 5.02 Å². The van der Waals surface area contributed by atoms with Crippen molar-refractivity contribution in [2.24, 2.45) is 0 Å². The van der Waals surface area contributed by atoms with Crippen LogP contribution in [0.15, 0.2) is 59.3 Å². The minimum atomic E-state index is -4.37. The number of rotatable bonds is 4. The number of hydrogen-bond donors (Lipinski definition) is 0. The quantitative estimate of drug-likeness (QED) is 0.395. The number of halogens is 4. The van der Waals surface area contributed by atoms with Crippen molar-refractivity contribution in [3.8, 4) is 22.8 Å². The van der Waals surface area contributed by atoms with Crippen molar-refractivity contribution in [1.29, 1.82) is 0 Å². The lowest BCUT2D eigenvalue weighted by Gasteiger charge is -2.26. The van der Waals surface area contributed by atoms with E-state index < -0.39 is 11.7 Å². The Kier molecular flexibility index (Phi) is 5.59. The first-order valence-corrected chi connectivity index (χ1v) is 10.6. The van der Waals surface area contributed by atoms with Crippen LogP contribution in [-0.4, -0.2) is 31.6 Å². The summed E-state index contributed by atoms with van der Waals surface area (Å²) in [5.41, 5.74) is 2.54. The molecule has 0 N–H and O–H groups in total. The second-order valence-corrected chi connectivity index (χ2v) is 8.16. The SMILES string of the molecule is FC(F)(F)c1ccc(-c2ncc3c(n2)CCN(Cc2nc(-c4ccc(Cl)cc4)no2)C3)cc1. The average molecular weight is 472 g/mol. The van der Waals surface area contributed by atoms with E-state index in [-0.39, 0.29) is 0 Å². The molecule has 1 aliphatic heterocycles. The van der Waals surface area contributed by atoms with E-state index in [4.69, 9.17) is 16.1 Å². The van der Waals surface area contributed by atoms with E-state index in [2.05, 4.69) is 25.0 Å². The van der Waals surface area contributed by atoms with Crippen molar-refractivity contribution >= 4 is 11.6 Å². The Morgan fingerprint density at radius 2 is 1.64 bits per heavy atom. The number of nitrogens with zero attached hydrogens (tertiary/aromatic N) is 5. The molecule has 1 aliphatic rings. The first kappa shape index (κ1) is 21.5. The van der Waals surface area contributed by atoms with Crippen molar-refractivity contribution in [3.63, 3.8) is 0 Å². The van der Waals surface area contributed by atoms with Gasteiger partial charge in [-0.2, -0.15) is 18.2 Å². The van der Waals surface area contributed by atoms with Gasteiger partial charge in [-0.05, 0) is 36.4 Å². The Labute approximate surface area is 192 Å². The number of hydrogen-bond acceptors (Lipinski definition) is 6. The summed E-state index contributed by atoms with van der Waals surface area (Å²) in [4.78, 5) is 15.6. The van der Waals surface area contributed by atoms with Crippen LogP contribution in [0.4, 0.5) is 13.2 Å². The topological polar surface area (TPSA) is 67.9 Å². The van der Waals surface area contributed by atoms with Gasteiger partial charge in [-0.3, -0.25) is 4.90 Å². The van der Waals surface area contributed by atoms with Gasteiger partial charge in [-0.25, -0.2) is 9.97 Å². The highest BCUT2D eigenvalue weighted by Gasteiger charge is 2.30. The van der Waals surface area contributed by atoms with Crippen molar-refractivity contribution in [2.45, 2.75) is 25.7 Å². The summed E-state index contributed by atoms with van der Waals surface area (Å²) in [7, 11) is 0. The second-order valence-electron chi connectivity index (χ2n) is 7.72. The van der Waals surface area contributed by atoms with Crippen molar-refractivity contribution < 1.29 is 17.7 Å². The summed E-state index contributed by atoms with van der Waals surface area (Å²) in [6, 6.07) is 12.1. The molecule has 0 amide bonds. The average Bonchev–Trinajstić information content (AvgIpc) is 3.27. The van der Waals surface area contributed by atoms with Gasteiger partial charge in [0.25, 0.3) is 0 Å². The molecule has 33 heavy (non-hydrogen) atoms. The van der Waals surface area contributed by atoms with Gasteiger partial charge in [0.05, 0.1) is 17.8 Å². The van der Waals surface area contributed by atoms with E-state index in [1.54, 1.807) is 18.3 Å². The minimum absolute atomic E-state index is 0.417. The van der Waals surface area contributed by atoms with Gasteiger partial charge in [0.15, 0.2) is 5.82 Å². The molecule has 0 atom stereocenters. The first-order valence-electron chi connectivity index (χ1n) is 10.2. The van der Waals surface area contributed by atoms with Crippen LogP contribution in [-0.2, 0) is 25.7 Å². The van der Waals surface area contributed by atoms with Gasteiger partial charge in [0, 0.05) is 47.4 Å². The zero-order valence-corrected chi connectivity index (χ0v) is 17.9. The van der Waals surface area contributed by atoms with Crippen molar-refractivity contribution in [1.82, 2.24) is 25.0 Å². The molecule has 168 valence electrons. The predicted molar refractivity (Wildman–Crippen MR) is 115 cm³/mol. The molecule has 6 nitrogen and oxygen atoms in total. The second kappa shape index (κ2) is 8.57. The Hall–Kier alpha value is -3.30. The molecule has 5 rings (SSSR count). The lowest BCUT2D eigenvalue weighted by molar-refractivity contribution is -0.137. The summed E-state index contributed by atoms with van der Waals surface area (Å²) in [5.74, 6) is 1.43. The third-order valence-electron chi connectivity index (χ3n) is 5.41. The maximum Gasteiger partial charge on any atom is 0.416 e. The monoisotopic (exact) mass is 471 g/mol. The highest BCUT2D eigenvalue weighted by molar-refractivity contribution is 6.30. The number of aromatic nitrogens is 4. The smallest absolute Gasteiger partial charge is 0.338 e. The molecule has 10 heteroatoms. The standard InChI is InChI=1S/C23H17ClF3N5O/c24-18-7-3-15(4-8-18)22-30-20(33-31-22)13-32-10-9-19-16(12-32)11-28-21(29-19)14-1-5-17(6-2-14)23(25,26)27/h1-8,11H,9-10,12-13H2. The van der Waals surface area contributed by atoms with E-state index in [1.807, 2.05) is 12.1 Å². The normalized spacial score (nSPS) is 14.3. The maximum atomic E-state index is 12.8. The largest absolute Gasteiger partial charge is 0.416 e. The minimum Gasteiger partial charge on any atom is -0.338 e. The van der Waals surface area contributed by atoms with Gasteiger partial charge in [-0.1, -0.05) is 28.9 Å². The molecule has 0 aliphatic carbocycles. The van der Waals surface area contributed by atoms with E-state index in [9.17, 15) is 13.2 Å². The van der Waals surface area contributed by atoms with Gasteiger partial charge < -0.3 is 4.52 Å². The molecule has 0 bridgehead atoms. The summed E-state index contributed by atoms with van der Waals surface area (Å²) in [6.45, 7) is 1.83. The molecule has 4 aromatic rings. The predicted octanol–water partition coefficient (Wildman–Crippen LogP) is 5.42. The fourth-order valence-electron chi connectivity index (χ4n) is 3.68. The Balaban J connectivity index is 1.27. The number of fused-ring (bicyclic) bond motifs is 1. The molecule has 2 aromatic heterocycles. The van der Waals surface area contributed by atoms with Gasteiger partial charge >= 0.3 is 6.18 Å². The van der Waals surface area contributed by atoms with Crippen LogP contribution in [0, 0.1) is 0 Å². The Morgan fingerprint density at radius 1 is 0.939 bits per heavy atom. The van der Waals surface area contributed by atoms with E-state index in [1.165, 1.54) is 12.1 Å². The highest BCUT2D eigenvalue weighted by atomic mass is 35.5. The highest BCUT2D eigenvalue weighted by Crippen LogP contribution is 2.31. The Bertz CT molecular complexity index is 1270. The number of alkyl halides is 3. The summed E-state index contributed by atoms with van der Waals surface area (Å²) >= 11 is 5.92. The molecule has 2 aromatic carbocycles. The molecule has 0 unspecified atom stereocenters. The fourth-order valence-corrected chi connectivity index (χ4v) is 3.81. The molecule has 0 saturated carbocycles. The third-order valence-corrected chi connectivity index (χ3v) is 5.66. The van der Waals surface area contributed by atoms with E-state index in [0.717, 1.165) is 35.5 Å². The first-order chi connectivity index (χ1) is 15.8. The lowest BCUT2D eigenvalue weighted by atomic mass is 10.1. The van der Waals surface area contributed by atoms with Crippen molar-refractivity contribution in [2.75, 3.05) is 6.54 Å². The van der Waals surface area contributed by atoms with Crippen LogP contribution in [0.5, 0.6) is 0 Å². The van der Waals surface area contributed by atoms with Crippen molar-refractivity contribution in [3.05, 3.63) is 82.5 Å². The molecule has 0 radical (unpaired) electrons. The van der Waals surface area contributed by atoms with Crippen LogP contribution >= 0.6 is 11.6 Å². The van der Waals surface area contributed by atoms with Crippen LogP contribution in [0.1, 0.15) is 22.7 Å². The van der Waals surface area contributed by atoms with E-state index >= 15 is 0 Å². The number of benzene rings is 2. The van der Waals surface area contributed by atoms with Crippen LogP contribution in [0.25, 0.3) is 22.8 Å². The van der Waals surface area contributed by atoms with Crippen LogP contribution in [0.3, 0.4) is 0 Å². The molecular weight excluding hydrogens is 455 g/mol. The lowest BCUT2D eigenvalue weighted by Crippen LogP contribution is -2.31. The Morgan fingerprint density at radius 3 is 2.36 bits per heavy atom. The summed E-state index contributed by atoms with van der Waals surface area (Å²) < 4.78 is 43.8. The fraction of sp³-hybridized carbons (Fsp3) is 0.217. The van der Waals surface area contributed by atoms with E-state index in [0.29, 0.717) is 47.6 Å². The molecular formula is C23H17ClF3N5O. The van der Waals surface area contributed by atoms with Gasteiger partial charge in [-0.15, -0.1) is 0 Å². The van der Waals surface area contributed by atoms with Gasteiger partial charge in [0.2, 0.25) is 11.7 Å². The summed E-state index contributed by atoms with van der Waals surface area (Å²) in [6.07, 6.45) is -1.95. The summed E-state index contributed by atoms with van der Waals surface area (Å²) in [5, 5.41) is 4.68. The van der Waals surface area contributed by atoms with Gasteiger partial charge in [0.1, 0.15) is 0 Å². The zero-order valence-electron chi connectivity index (χ0n) is 17.2. The molecule has 0 spiro atoms. The molecule has 0 saturated heterocycles. The maximum absolute atomic E-state index is 12.8. The van der Waals surface area contributed by atoms with Crippen LogP contribution < -0.4 is 0 Å². The third kappa shape index (κ3) is 4.74. The molecule has 0 fully saturated rings. The zero-order chi connectivity index (χ0) is 23.0.